The molecule has 0 atom stereocenters. The smallest absolute Gasteiger partial charge is 0.822 e. The van der Waals surface area contributed by atoms with Gasteiger partial charge in [0.2, 0.25) is 0 Å². The first-order valence-corrected chi connectivity index (χ1v) is 6.57. The molecule has 0 aromatic heterocycles. The summed E-state index contributed by atoms with van der Waals surface area (Å²) in [5.74, 6) is 0. The van der Waals surface area contributed by atoms with Crippen LogP contribution >= 0.6 is 23.5 Å². The number of hydrogen-bond donors (Lipinski definition) is 0. The zero-order valence-electron chi connectivity index (χ0n) is 8.10. The Morgan fingerprint density at radius 3 is 0.500 bits per heavy atom. The van der Waals surface area contributed by atoms with Crippen molar-refractivity contribution >= 4 is 23.5 Å². The van der Waals surface area contributed by atoms with E-state index in [4.69, 9.17) is 57.7 Å². The van der Waals surface area contributed by atoms with Gasteiger partial charge in [0.25, 0.3) is 0 Å². The third-order valence-electron chi connectivity index (χ3n) is 0. The van der Waals surface area contributed by atoms with Crippen LogP contribution < -0.4 is 73.6 Å². The summed E-state index contributed by atoms with van der Waals surface area (Å²) in [6.45, 7) is 0. The van der Waals surface area contributed by atoms with Crippen molar-refractivity contribution in [3.8, 4) is 0 Å². The standard InChI is InChI=1S/Cr.Na.3H3O4P.V/c;;3*1-5(2,3)4;/h;;3*(H3,1,2,3,4);/q+3;+1;;;;/p-9. The van der Waals surface area contributed by atoms with Gasteiger partial charge in [0.15, 0.2) is 0 Å². The van der Waals surface area contributed by atoms with Gasteiger partial charge in [0, 0.05) is 18.6 Å². The van der Waals surface area contributed by atoms with Crippen LogP contribution in [-0.4, -0.2) is 0 Å². The van der Waals surface area contributed by atoms with Crippen molar-refractivity contribution in [2.24, 2.45) is 0 Å². The van der Waals surface area contributed by atoms with Gasteiger partial charge < -0.3 is 57.7 Å². The molecule has 18 heteroatoms. The summed E-state index contributed by atoms with van der Waals surface area (Å²) in [6, 6.07) is 0. The second-order valence-corrected chi connectivity index (χ2v) is 4.02. The quantitative estimate of drug-likeness (QED) is 0.266. The molecule has 0 aliphatic rings. The van der Waals surface area contributed by atoms with Gasteiger partial charge in [-0.3, -0.25) is 0 Å². The Kier molecular flexibility index (Phi) is 32.6. The minimum Gasteiger partial charge on any atom is -0.822 e. The van der Waals surface area contributed by atoms with Crippen molar-refractivity contribution in [2.75, 3.05) is 0 Å². The second kappa shape index (κ2) is 15.8. The van der Waals surface area contributed by atoms with E-state index in [0.29, 0.717) is 0 Å². The van der Waals surface area contributed by atoms with Gasteiger partial charge in [0.1, 0.15) is 0 Å². The predicted molar refractivity (Wildman–Crippen MR) is 22.8 cm³/mol. The van der Waals surface area contributed by atoms with Crippen LogP contribution in [0.3, 0.4) is 0 Å². The fourth-order valence-corrected chi connectivity index (χ4v) is 0. The van der Waals surface area contributed by atoms with E-state index in [1.54, 1.807) is 0 Å². The van der Waals surface area contributed by atoms with E-state index in [1.807, 2.05) is 0 Å². The maximum atomic E-state index is 8.55. The maximum absolute atomic E-state index is 8.55. The van der Waals surface area contributed by atoms with Crippen molar-refractivity contribution in [2.45, 2.75) is 0 Å². The fraction of sp³-hybridized carbons (Fsp3) is 0. The Hall–Kier alpha value is 2.45. The van der Waals surface area contributed by atoms with Gasteiger partial charge in [-0.2, -0.15) is 23.5 Å². The van der Waals surface area contributed by atoms with Crippen molar-refractivity contribution in [3.63, 3.8) is 0 Å². The zero-order chi connectivity index (χ0) is 13.5. The van der Waals surface area contributed by atoms with Gasteiger partial charge in [-0.05, 0) is 0 Å². The summed E-state index contributed by atoms with van der Waals surface area (Å²) in [6.07, 6.45) is 0. The molecule has 0 saturated heterocycles. The maximum Gasteiger partial charge on any atom is 3.00 e. The van der Waals surface area contributed by atoms with E-state index in [-0.39, 0.29) is 65.5 Å². The monoisotopic (exact) mass is 411 g/mol. The van der Waals surface area contributed by atoms with E-state index >= 15 is 0 Å². The Morgan fingerprint density at radius 1 is 0.500 bits per heavy atom. The predicted octanol–water partition coefficient (Wildman–Crippen LogP) is -11.5. The zero-order valence-corrected chi connectivity index (χ0v) is 15.5. The van der Waals surface area contributed by atoms with Crippen LogP contribution in [-0.2, 0) is 49.6 Å². The molecule has 18 heavy (non-hydrogen) atoms. The van der Waals surface area contributed by atoms with Crippen LogP contribution in [0.4, 0.5) is 0 Å². The van der Waals surface area contributed by atoms with Crippen molar-refractivity contribution < 1.29 is 123 Å². The number of phosphoric acid groups is 3. The first kappa shape index (κ1) is 37.0. The molecular formula is CrNaO12P3V-5. The molecule has 0 bridgehead atoms. The molecule has 0 unspecified atom stereocenters. The van der Waals surface area contributed by atoms with Gasteiger partial charge in [-0.25, -0.2) is 0 Å². The Bertz CT molecular complexity index is 213. The molecule has 0 rings (SSSR count). The summed E-state index contributed by atoms with van der Waals surface area (Å²) in [7, 11) is -16.2. The van der Waals surface area contributed by atoms with Gasteiger partial charge in [-0.15, -0.1) is 0 Å². The molecule has 2 radical (unpaired) electrons. The Labute approximate surface area is 145 Å². The fourth-order valence-electron chi connectivity index (χ4n) is 0. The summed E-state index contributed by atoms with van der Waals surface area (Å²) < 4.78 is 25.6. The first-order valence-electron chi connectivity index (χ1n) is 2.19. The minimum absolute atomic E-state index is 0. The van der Waals surface area contributed by atoms with Crippen LogP contribution in [0.1, 0.15) is 0 Å². The van der Waals surface area contributed by atoms with E-state index < -0.39 is 23.5 Å². The number of rotatable bonds is 0. The van der Waals surface area contributed by atoms with E-state index in [2.05, 4.69) is 0 Å². The Morgan fingerprint density at radius 2 is 0.500 bits per heavy atom. The van der Waals surface area contributed by atoms with Crippen molar-refractivity contribution in [1.29, 1.82) is 0 Å². The largest absolute Gasteiger partial charge is 3.00 e. The molecule has 0 spiro atoms. The van der Waals surface area contributed by atoms with Crippen molar-refractivity contribution in [1.82, 2.24) is 0 Å². The van der Waals surface area contributed by atoms with Gasteiger partial charge >= 0.3 is 46.9 Å². The molecule has 0 aliphatic heterocycles. The minimum atomic E-state index is -5.39. The van der Waals surface area contributed by atoms with Gasteiger partial charge in [0.05, 0.1) is 0 Å². The summed E-state index contributed by atoms with van der Waals surface area (Å²) in [5.41, 5.74) is 0. The summed E-state index contributed by atoms with van der Waals surface area (Å²) >= 11 is 0. The van der Waals surface area contributed by atoms with Crippen LogP contribution in [0.5, 0.6) is 0 Å². The first-order chi connectivity index (χ1) is 6.00. The third kappa shape index (κ3) is 938. The molecule has 0 saturated carbocycles. The molecule has 0 fully saturated rings. The number of hydrogen-bond acceptors (Lipinski definition) is 12. The van der Waals surface area contributed by atoms with Crippen LogP contribution in [0.25, 0.3) is 0 Å². The van der Waals surface area contributed by atoms with E-state index in [0.717, 1.165) is 0 Å². The topological polar surface area (TPSA) is 259 Å². The molecule has 0 aromatic rings. The molecule has 0 aliphatic carbocycles. The second-order valence-electron chi connectivity index (χ2n) is 1.34. The molecule has 0 heterocycles. The molecule has 0 aromatic carbocycles. The third-order valence-corrected chi connectivity index (χ3v) is 0. The molecule has 0 N–H and O–H groups in total. The van der Waals surface area contributed by atoms with E-state index in [9.17, 15) is 0 Å². The van der Waals surface area contributed by atoms with E-state index in [1.165, 1.54) is 0 Å². The van der Waals surface area contributed by atoms with Crippen LogP contribution in [0.15, 0.2) is 0 Å². The summed E-state index contributed by atoms with van der Waals surface area (Å²) in [5, 5.41) is 0. The average molecular weight is 411 g/mol. The molecule has 104 valence electrons. The van der Waals surface area contributed by atoms with Crippen LogP contribution in [0.2, 0.25) is 0 Å². The van der Waals surface area contributed by atoms with Gasteiger partial charge in [-0.1, -0.05) is 0 Å². The molecule has 0 amide bonds. The average Bonchev–Trinajstić information content (AvgIpc) is 1.41. The van der Waals surface area contributed by atoms with Crippen molar-refractivity contribution in [3.05, 3.63) is 0 Å². The van der Waals surface area contributed by atoms with Crippen LogP contribution in [0, 0.1) is 0 Å². The normalized spacial score (nSPS) is 9.83. The SMILES string of the molecule is O=P([O-])([O-])[O-].O=P([O-])([O-])[O-].O=P([O-])([O-])[O-].[Cr+3].[Na+].[V]. The molecule has 12 nitrogen and oxygen atoms in total. The summed E-state index contributed by atoms with van der Waals surface area (Å²) in [4.78, 5) is 76.9. The Balaban J connectivity index is -0.0000000277. The molecular weight excluding hydrogens is 411 g/mol.